The van der Waals surface area contributed by atoms with E-state index in [0.717, 1.165) is 24.9 Å². The Balaban J connectivity index is 2.53. The molecule has 1 aromatic carbocycles. The van der Waals surface area contributed by atoms with Crippen LogP contribution < -0.4 is 37.2 Å². The second-order valence-corrected chi connectivity index (χ2v) is 9.26. The predicted octanol–water partition coefficient (Wildman–Crippen LogP) is -3.33. The molecular weight excluding hydrogens is 544 g/mol. The maximum absolute atomic E-state index is 12.8. The molecule has 7 N–H and O–H groups in total. The first-order valence-electron chi connectivity index (χ1n) is 13.5. The Morgan fingerprint density at radius 3 is 2.07 bits per heavy atom. The van der Waals surface area contributed by atoms with Gasteiger partial charge in [0.15, 0.2) is 0 Å². The molecule has 0 bridgehead atoms. The molecule has 0 aliphatic carbocycles. The van der Waals surface area contributed by atoms with E-state index in [4.69, 9.17) is 20.4 Å². The topological polar surface area (TPSA) is 196 Å². The molecule has 0 spiro atoms. The van der Waals surface area contributed by atoms with Gasteiger partial charge in [-0.15, -0.1) is 0 Å². The zero-order valence-corrected chi connectivity index (χ0v) is 24.0. The van der Waals surface area contributed by atoms with E-state index in [1.54, 1.807) is 30.3 Å². The van der Waals surface area contributed by atoms with Crippen LogP contribution in [0.1, 0.15) is 31.2 Å². The lowest BCUT2D eigenvalue weighted by atomic mass is 9.64. The quantitative estimate of drug-likeness (QED) is 0.0470. The van der Waals surface area contributed by atoms with Gasteiger partial charge in [-0.05, 0) is 32.0 Å². The van der Waals surface area contributed by atoms with Crippen LogP contribution in [0.3, 0.4) is 0 Å². The van der Waals surface area contributed by atoms with Gasteiger partial charge in [-0.25, -0.2) is 0 Å². The molecule has 16 heteroatoms. The molecule has 1 atom stereocenters. The van der Waals surface area contributed by atoms with E-state index >= 15 is 0 Å². The first-order valence-corrected chi connectivity index (χ1v) is 13.5. The van der Waals surface area contributed by atoms with Crippen LogP contribution >= 0.6 is 0 Å². The summed E-state index contributed by atoms with van der Waals surface area (Å²) in [7, 11) is 14.1. The molecule has 0 fully saturated rings. The Hall–Kier alpha value is -3.91. The monoisotopic (exact) mass is 583 g/mol. The number of carbonyl (C=O) groups excluding carboxylic acids is 6. The SMILES string of the molecule is [B]C([B])(OCNC(=O)CNC(=O)[C@H](Cc1ccccc1)NC(=O)CNC(=O)CNC(=O)CCCCCNC)C(=O)NC. The van der Waals surface area contributed by atoms with Crippen molar-refractivity contribution in [3.8, 4) is 0 Å². The highest BCUT2D eigenvalue weighted by Gasteiger charge is 2.26. The van der Waals surface area contributed by atoms with Gasteiger partial charge < -0.3 is 42.0 Å². The van der Waals surface area contributed by atoms with E-state index in [2.05, 4.69) is 37.2 Å². The summed E-state index contributed by atoms with van der Waals surface area (Å²) in [6, 6.07) is 7.79. The molecule has 4 radical (unpaired) electrons. The van der Waals surface area contributed by atoms with Gasteiger partial charge >= 0.3 is 0 Å². The van der Waals surface area contributed by atoms with Crippen molar-refractivity contribution in [2.24, 2.45) is 0 Å². The van der Waals surface area contributed by atoms with E-state index in [9.17, 15) is 28.8 Å². The number of carbonyl (C=O) groups is 6. The molecule has 0 aliphatic rings. The zero-order valence-electron chi connectivity index (χ0n) is 24.0. The number of hydrogen-bond donors (Lipinski definition) is 7. The van der Waals surface area contributed by atoms with E-state index in [0.29, 0.717) is 12.8 Å². The van der Waals surface area contributed by atoms with E-state index in [1.807, 2.05) is 7.05 Å². The molecule has 0 aliphatic heterocycles. The summed E-state index contributed by atoms with van der Waals surface area (Å²) < 4.78 is 4.93. The molecule has 0 saturated carbocycles. The van der Waals surface area contributed by atoms with Crippen molar-refractivity contribution in [1.29, 1.82) is 0 Å². The van der Waals surface area contributed by atoms with Gasteiger partial charge in [0.25, 0.3) is 0 Å². The van der Waals surface area contributed by atoms with Crippen LogP contribution in [0.5, 0.6) is 0 Å². The Morgan fingerprint density at radius 2 is 1.40 bits per heavy atom. The first-order chi connectivity index (χ1) is 20.0. The second-order valence-electron chi connectivity index (χ2n) is 9.26. The minimum absolute atomic E-state index is 0.108. The first kappa shape index (κ1) is 36.1. The third kappa shape index (κ3) is 15.8. The number of unbranched alkanes of at least 4 members (excludes halogenated alkanes) is 2. The summed E-state index contributed by atoms with van der Waals surface area (Å²) >= 11 is 0. The molecular formula is C26H39B2N7O7. The average Bonchev–Trinajstić information content (AvgIpc) is 2.97. The maximum atomic E-state index is 12.8. The highest BCUT2D eigenvalue weighted by molar-refractivity contribution is 6.50. The zero-order chi connectivity index (χ0) is 31.4. The number of amides is 6. The van der Waals surface area contributed by atoms with Crippen molar-refractivity contribution in [2.75, 3.05) is 47.0 Å². The smallest absolute Gasteiger partial charge is 0.243 e. The fourth-order valence-electron chi connectivity index (χ4n) is 3.43. The van der Waals surface area contributed by atoms with Gasteiger partial charge in [0.1, 0.15) is 28.5 Å². The van der Waals surface area contributed by atoms with E-state index in [1.165, 1.54) is 7.05 Å². The lowest BCUT2D eigenvalue weighted by molar-refractivity contribution is -0.134. The summed E-state index contributed by atoms with van der Waals surface area (Å²) in [5, 5.41) is 15.2. The minimum Gasteiger partial charge on any atom is -0.365 e. The average molecular weight is 583 g/mol. The molecule has 0 heterocycles. The van der Waals surface area contributed by atoms with E-state index < -0.39 is 60.8 Å². The predicted molar refractivity (Wildman–Crippen MR) is 156 cm³/mol. The molecule has 226 valence electrons. The van der Waals surface area contributed by atoms with Gasteiger partial charge in [-0.3, -0.25) is 28.8 Å². The Morgan fingerprint density at radius 1 is 0.786 bits per heavy atom. The summed E-state index contributed by atoms with van der Waals surface area (Å²) in [5.41, 5.74) is 0.741. The molecule has 0 saturated heterocycles. The van der Waals surface area contributed by atoms with Crippen LogP contribution in [0.2, 0.25) is 0 Å². The largest absolute Gasteiger partial charge is 0.365 e. The van der Waals surface area contributed by atoms with Gasteiger partial charge in [-0.1, -0.05) is 36.8 Å². The van der Waals surface area contributed by atoms with Crippen LogP contribution in [0.4, 0.5) is 0 Å². The fourth-order valence-corrected chi connectivity index (χ4v) is 3.43. The summed E-state index contributed by atoms with van der Waals surface area (Å²) in [4.78, 5) is 72.9. The lowest BCUT2D eigenvalue weighted by Gasteiger charge is -2.24. The number of hydrogen-bond acceptors (Lipinski definition) is 8. The second kappa shape index (κ2) is 20.0. The van der Waals surface area contributed by atoms with Crippen molar-refractivity contribution >= 4 is 51.1 Å². The molecule has 1 aromatic rings. The molecule has 6 amide bonds. The Bertz CT molecular complexity index is 1050. The summed E-state index contributed by atoms with van der Waals surface area (Å²) in [6.07, 6.45) is 2.96. The van der Waals surface area contributed by atoms with Crippen molar-refractivity contribution < 1.29 is 33.5 Å². The number of rotatable bonds is 20. The van der Waals surface area contributed by atoms with Crippen LogP contribution in [0.25, 0.3) is 0 Å². The van der Waals surface area contributed by atoms with Crippen LogP contribution in [-0.4, -0.2) is 110 Å². The van der Waals surface area contributed by atoms with Gasteiger partial charge in [0, 0.05) is 19.9 Å². The van der Waals surface area contributed by atoms with Crippen LogP contribution in [0.15, 0.2) is 30.3 Å². The van der Waals surface area contributed by atoms with Crippen LogP contribution in [0, 0.1) is 0 Å². The number of nitrogens with one attached hydrogen (secondary N) is 7. The third-order valence-electron chi connectivity index (χ3n) is 5.74. The maximum Gasteiger partial charge on any atom is 0.243 e. The van der Waals surface area contributed by atoms with Crippen molar-refractivity contribution in [2.45, 2.75) is 43.5 Å². The minimum atomic E-state index is -2.16. The highest BCUT2D eigenvalue weighted by atomic mass is 16.5. The number of likely N-dealkylation sites (N-methyl/N-ethyl adjacent to an activating group) is 1. The summed E-state index contributed by atoms with van der Waals surface area (Å²) in [6.45, 7) is -0.820. The number of ether oxygens (including phenoxy) is 1. The van der Waals surface area contributed by atoms with Crippen molar-refractivity contribution in [3.63, 3.8) is 0 Å². The molecule has 42 heavy (non-hydrogen) atoms. The normalized spacial score (nSPS) is 11.5. The van der Waals surface area contributed by atoms with Gasteiger partial charge in [0.05, 0.1) is 25.0 Å². The standard InChI is InChI=1S/C26H39B2N7O7/c1-29-12-8-4-7-11-20(36)31-14-21(37)32-16-23(39)35-19(13-18-9-5-3-6-10-18)24(40)33-15-22(38)34-17-42-26(27,28)25(41)30-2/h3,5-6,9-10,19,29H,4,7-8,11-17H2,1-2H3,(H,30,41)(H,31,36)(H,32,37)(H,33,40)(H,34,38)(H,35,39)/t19-/m0/s1. The molecule has 14 nitrogen and oxygen atoms in total. The van der Waals surface area contributed by atoms with Gasteiger partial charge in [0.2, 0.25) is 35.4 Å². The lowest BCUT2D eigenvalue weighted by Crippen LogP contribution is -2.53. The van der Waals surface area contributed by atoms with Crippen LogP contribution in [-0.2, 0) is 39.9 Å². The molecule has 0 unspecified atom stereocenters. The Labute approximate surface area is 248 Å². The van der Waals surface area contributed by atoms with E-state index in [-0.39, 0.29) is 18.9 Å². The Kier molecular flexibility index (Phi) is 17.2. The van der Waals surface area contributed by atoms with Crippen molar-refractivity contribution in [3.05, 3.63) is 35.9 Å². The number of benzene rings is 1. The van der Waals surface area contributed by atoms with Crippen molar-refractivity contribution in [1.82, 2.24) is 37.2 Å². The third-order valence-corrected chi connectivity index (χ3v) is 5.74. The highest BCUT2D eigenvalue weighted by Crippen LogP contribution is 2.04. The molecule has 1 rings (SSSR count). The molecule has 0 aromatic heterocycles. The summed E-state index contributed by atoms with van der Waals surface area (Å²) in [5.74, 6) is -3.61. The fraction of sp³-hybridized carbons (Fsp3) is 0.538. The van der Waals surface area contributed by atoms with Gasteiger partial charge in [-0.2, -0.15) is 0 Å².